The fourth-order valence-electron chi connectivity index (χ4n) is 7.58. The molecule has 43 heavy (non-hydrogen) atoms. The summed E-state index contributed by atoms with van der Waals surface area (Å²) in [5.74, 6) is -1.31. The van der Waals surface area contributed by atoms with Crippen molar-refractivity contribution in [3.8, 4) is 12.1 Å². The standard InChI is InChI=1S/C32H37ClF2N6O2/c1-20(34)29(42)41-17-16-40(18-21(41)10-14-36)28-23-9-13-32(12-8-22-24(32)6-4-7-25(22)33)27(35)26(23)37-30(38-28)43-19-31(2)11-5-15-39(31)3/h4,6-7,21,27H,1,5,8-13,15-19H2,2-3H3/t21-,27-,31+,32+/m0/s1. The lowest BCUT2D eigenvalue weighted by atomic mass is 9.68. The van der Waals surface area contributed by atoms with E-state index in [1.807, 2.05) is 23.1 Å². The second kappa shape index (κ2) is 11.3. The number of benzene rings is 1. The summed E-state index contributed by atoms with van der Waals surface area (Å²) in [5.41, 5.74) is 2.09. The number of ether oxygens (including phenoxy) is 1. The molecule has 2 aromatic rings. The molecule has 1 aromatic carbocycles. The molecule has 4 atom stereocenters. The number of carbonyl (C=O) groups excluding carboxylic acids is 1. The summed E-state index contributed by atoms with van der Waals surface area (Å²) in [4.78, 5) is 27.7. The topological polar surface area (TPSA) is 85.6 Å². The van der Waals surface area contributed by atoms with Gasteiger partial charge in [-0.3, -0.25) is 9.69 Å². The predicted octanol–water partition coefficient (Wildman–Crippen LogP) is 5.25. The number of fused-ring (bicyclic) bond motifs is 3. The van der Waals surface area contributed by atoms with Crippen LogP contribution in [0.3, 0.4) is 0 Å². The molecule has 2 aliphatic heterocycles. The van der Waals surface area contributed by atoms with Gasteiger partial charge in [-0.2, -0.15) is 15.2 Å². The molecule has 1 spiro atoms. The fourth-order valence-corrected chi connectivity index (χ4v) is 7.85. The summed E-state index contributed by atoms with van der Waals surface area (Å²) in [7, 11) is 2.07. The second-order valence-electron chi connectivity index (χ2n) is 12.7. The highest BCUT2D eigenvalue weighted by atomic mass is 35.5. The quantitative estimate of drug-likeness (QED) is 0.413. The highest BCUT2D eigenvalue weighted by molar-refractivity contribution is 6.31. The number of piperazine rings is 1. The van der Waals surface area contributed by atoms with E-state index in [1.54, 1.807) is 0 Å². The van der Waals surface area contributed by atoms with E-state index in [4.69, 9.17) is 26.3 Å². The molecule has 0 radical (unpaired) electrons. The summed E-state index contributed by atoms with van der Waals surface area (Å²) >= 11 is 6.53. The van der Waals surface area contributed by atoms with E-state index >= 15 is 4.39 Å². The van der Waals surface area contributed by atoms with Crippen LogP contribution in [0.15, 0.2) is 30.6 Å². The minimum absolute atomic E-state index is 0.0171. The number of hydrogen-bond acceptors (Lipinski definition) is 7. The summed E-state index contributed by atoms with van der Waals surface area (Å²) in [6.45, 7) is 7.40. The molecule has 1 aromatic heterocycles. The van der Waals surface area contributed by atoms with Crippen molar-refractivity contribution in [2.45, 2.75) is 75.0 Å². The molecule has 0 bridgehead atoms. The number of likely N-dealkylation sites (N-methyl/N-ethyl adjacent to an activating group) is 1. The van der Waals surface area contributed by atoms with Gasteiger partial charge in [-0.25, -0.2) is 8.78 Å². The molecule has 0 unspecified atom stereocenters. The number of aromatic nitrogens is 2. The van der Waals surface area contributed by atoms with Gasteiger partial charge in [-0.05, 0) is 76.2 Å². The van der Waals surface area contributed by atoms with Crippen molar-refractivity contribution in [1.29, 1.82) is 5.26 Å². The summed E-state index contributed by atoms with van der Waals surface area (Å²) < 4.78 is 37.1. The molecule has 4 aliphatic rings. The lowest BCUT2D eigenvalue weighted by Crippen LogP contribution is -2.55. The molecule has 8 nitrogen and oxygen atoms in total. The molecule has 3 heterocycles. The third-order valence-corrected chi connectivity index (χ3v) is 10.6. The molecule has 6 rings (SSSR count). The highest BCUT2D eigenvalue weighted by Gasteiger charge is 2.51. The van der Waals surface area contributed by atoms with E-state index in [1.165, 1.54) is 4.90 Å². The zero-order valence-electron chi connectivity index (χ0n) is 24.7. The Morgan fingerprint density at radius 3 is 2.67 bits per heavy atom. The van der Waals surface area contributed by atoms with E-state index in [9.17, 15) is 14.4 Å². The normalized spacial score (nSPS) is 28.5. The molecule has 1 amide bonds. The van der Waals surface area contributed by atoms with E-state index in [0.717, 1.165) is 36.1 Å². The smallest absolute Gasteiger partial charge is 0.318 e. The Balaban J connectivity index is 1.38. The van der Waals surface area contributed by atoms with Gasteiger partial charge < -0.3 is 14.5 Å². The van der Waals surface area contributed by atoms with Crippen LogP contribution in [0.5, 0.6) is 6.01 Å². The Morgan fingerprint density at radius 2 is 1.98 bits per heavy atom. The number of alkyl halides is 1. The van der Waals surface area contributed by atoms with E-state index < -0.39 is 29.4 Å². The molecule has 11 heteroatoms. The van der Waals surface area contributed by atoms with Gasteiger partial charge in [0, 0.05) is 35.6 Å². The van der Waals surface area contributed by atoms with Crippen molar-refractivity contribution < 1.29 is 18.3 Å². The van der Waals surface area contributed by atoms with E-state index in [-0.39, 0.29) is 31.1 Å². The highest BCUT2D eigenvalue weighted by Crippen LogP contribution is 2.56. The van der Waals surface area contributed by atoms with E-state index in [2.05, 4.69) is 31.5 Å². The summed E-state index contributed by atoms with van der Waals surface area (Å²) in [6, 6.07) is 7.40. The van der Waals surface area contributed by atoms with Crippen LogP contribution in [-0.2, 0) is 23.1 Å². The largest absolute Gasteiger partial charge is 0.461 e. The first kappa shape index (κ1) is 29.8. The lowest BCUT2D eigenvalue weighted by Gasteiger charge is -2.43. The zero-order chi connectivity index (χ0) is 30.5. The first-order valence-electron chi connectivity index (χ1n) is 15.0. The maximum Gasteiger partial charge on any atom is 0.318 e. The number of nitrogens with zero attached hydrogens (tertiary/aromatic N) is 6. The third-order valence-electron chi connectivity index (χ3n) is 10.3. The maximum absolute atomic E-state index is 17.0. The van der Waals surface area contributed by atoms with Crippen molar-refractivity contribution in [1.82, 2.24) is 19.8 Å². The molecule has 2 aliphatic carbocycles. The molecule has 228 valence electrons. The van der Waals surface area contributed by atoms with Gasteiger partial charge in [0.05, 0.1) is 29.8 Å². The Bertz CT molecular complexity index is 1500. The van der Waals surface area contributed by atoms with Crippen LogP contribution in [0, 0.1) is 11.3 Å². The van der Waals surface area contributed by atoms with Crippen LogP contribution >= 0.6 is 11.6 Å². The monoisotopic (exact) mass is 610 g/mol. The van der Waals surface area contributed by atoms with Crippen LogP contribution in [0.25, 0.3) is 0 Å². The zero-order valence-corrected chi connectivity index (χ0v) is 25.5. The average molecular weight is 611 g/mol. The van der Waals surface area contributed by atoms with Gasteiger partial charge in [-0.15, -0.1) is 0 Å². The number of rotatable bonds is 6. The SMILES string of the molecule is C=C(F)C(=O)N1CCN(c2nc(OC[C@@]3(C)CCCN3C)nc3c2CC[C@@]2(CCc4c(Cl)cccc42)[C@H]3F)C[C@@H]1CC#N. The van der Waals surface area contributed by atoms with Crippen LogP contribution in [0.2, 0.25) is 5.02 Å². The fraction of sp³-hybridized carbons (Fsp3) is 0.562. The Labute approximate surface area is 256 Å². The van der Waals surface area contributed by atoms with Gasteiger partial charge >= 0.3 is 6.01 Å². The molecule has 2 fully saturated rings. The average Bonchev–Trinajstić information content (AvgIpc) is 3.54. The first-order valence-corrected chi connectivity index (χ1v) is 15.4. The van der Waals surface area contributed by atoms with Crippen LogP contribution in [-0.4, -0.2) is 77.1 Å². The van der Waals surface area contributed by atoms with Gasteiger partial charge in [0.15, 0.2) is 12.0 Å². The third kappa shape index (κ3) is 5.04. The molecular formula is C32H37ClF2N6O2. The van der Waals surface area contributed by atoms with Gasteiger partial charge in [0.25, 0.3) is 5.91 Å². The van der Waals surface area contributed by atoms with Gasteiger partial charge in [0.1, 0.15) is 12.4 Å². The Kier molecular flexibility index (Phi) is 7.84. The Hall–Kier alpha value is -3.29. The van der Waals surface area contributed by atoms with Crippen molar-refractivity contribution in [3.05, 3.63) is 58.0 Å². The Morgan fingerprint density at radius 1 is 1.21 bits per heavy atom. The number of carbonyl (C=O) groups is 1. The second-order valence-corrected chi connectivity index (χ2v) is 13.1. The minimum atomic E-state index is -1.39. The number of likely N-dealkylation sites (tertiary alicyclic amines) is 1. The van der Waals surface area contributed by atoms with Crippen LogP contribution in [0.4, 0.5) is 14.6 Å². The van der Waals surface area contributed by atoms with Crippen molar-refractivity contribution in [3.63, 3.8) is 0 Å². The summed E-state index contributed by atoms with van der Waals surface area (Å²) in [5, 5.41) is 10.2. The van der Waals surface area contributed by atoms with E-state index in [0.29, 0.717) is 55.4 Å². The van der Waals surface area contributed by atoms with Gasteiger partial charge in [-0.1, -0.05) is 30.3 Å². The number of amides is 1. The molecule has 0 N–H and O–H groups in total. The van der Waals surface area contributed by atoms with Gasteiger partial charge in [0.2, 0.25) is 0 Å². The predicted molar refractivity (Wildman–Crippen MR) is 160 cm³/mol. The number of hydrogen-bond donors (Lipinski definition) is 0. The van der Waals surface area contributed by atoms with Crippen molar-refractivity contribution >= 4 is 23.3 Å². The molecule has 0 saturated carbocycles. The maximum atomic E-state index is 17.0. The van der Waals surface area contributed by atoms with Crippen molar-refractivity contribution in [2.24, 2.45) is 0 Å². The van der Waals surface area contributed by atoms with Crippen molar-refractivity contribution in [2.75, 3.05) is 44.7 Å². The number of anilines is 1. The lowest BCUT2D eigenvalue weighted by molar-refractivity contribution is -0.131. The number of halogens is 3. The minimum Gasteiger partial charge on any atom is -0.461 e. The van der Waals surface area contributed by atoms with Crippen LogP contribution < -0.4 is 9.64 Å². The first-order chi connectivity index (χ1) is 20.6. The molecule has 2 saturated heterocycles. The molecular weight excluding hydrogens is 574 g/mol. The number of nitriles is 1. The summed E-state index contributed by atoms with van der Waals surface area (Å²) in [6.07, 6.45) is 3.15. The van der Waals surface area contributed by atoms with Crippen LogP contribution in [0.1, 0.15) is 67.6 Å².